The van der Waals surface area contributed by atoms with Crippen LogP contribution in [0.4, 0.5) is 9.80 Å². The zero-order chi connectivity index (χ0) is 22.3. The van der Waals surface area contributed by atoms with E-state index < -0.39 is 23.5 Å². The summed E-state index contributed by atoms with van der Waals surface area (Å²) >= 11 is 1.19. The summed E-state index contributed by atoms with van der Waals surface area (Å²) < 4.78 is 12.0. The number of hydrogen-bond donors (Lipinski definition) is 2. The maximum Gasteiger partial charge on any atom is 0.341 e. The lowest BCUT2D eigenvalue weighted by Crippen LogP contribution is -2.52. The molecule has 0 fully saturated rings. The van der Waals surface area contributed by atoms with Crippen LogP contribution in [0.5, 0.6) is 0 Å². The number of carbonyl (C=O) groups excluding carboxylic acids is 3. The Balaban J connectivity index is 2.22. The molecule has 0 radical (unpaired) electrons. The number of ether oxygens (including phenoxy) is 2. The van der Waals surface area contributed by atoms with Crippen molar-refractivity contribution in [1.82, 2.24) is 15.1 Å². The fraction of sp³-hybridized carbons (Fsp3) is 0.500. The Morgan fingerprint density at radius 2 is 1.97 bits per heavy atom. The standard InChI is InChI=1S/C20H28N4O5S/c1-6-8-12-29-18(26)20(4,5)23-19(27)22-15-14(17(25)28-7-2)13(3)16(30-15)24-11-9-10-21-24/h9-11H,6-8,12H2,1-5H3,(H2,22,23,27). The number of amides is 2. The van der Waals surface area contributed by atoms with E-state index >= 15 is 0 Å². The summed E-state index contributed by atoms with van der Waals surface area (Å²) in [6.07, 6.45) is 5.01. The van der Waals surface area contributed by atoms with E-state index in [9.17, 15) is 14.4 Å². The Morgan fingerprint density at radius 3 is 2.57 bits per heavy atom. The fourth-order valence-electron chi connectivity index (χ4n) is 2.60. The van der Waals surface area contributed by atoms with Crippen molar-refractivity contribution in [3.05, 3.63) is 29.6 Å². The van der Waals surface area contributed by atoms with Crippen LogP contribution in [0.25, 0.3) is 5.00 Å². The van der Waals surface area contributed by atoms with Gasteiger partial charge in [-0.15, -0.1) is 0 Å². The quantitative estimate of drug-likeness (QED) is 0.458. The first-order chi connectivity index (χ1) is 14.2. The van der Waals surface area contributed by atoms with E-state index in [0.29, 0.717) is 22.2 Å². The van der Waals surface area contributed by atoms with Crippen LogP contribution in [0.1, 0.15) is 56.5 Å². The molecule has 0 aliphatic heterocycles. The summed E-state index contributed by atoms with van der Waals surface area (Å²) in [5.74, 6) is -1.07. The second kappa shape index (κ2) is 10.2. The van der Waals surface area contributed by atoms with Crippen molar-refractivity contribution in [2.45, 2.75) is 53.0 Å². The van der Waals surface area contributed by atoms with Crippen LogP contribution in [0.3, 0.4) is 0 Å². The number of nitrogens with one attached hydrogen (secondary N) is 2. The number of aromatic nitrogens is 2. The summed E-state index contributed by atoms with van der Waals surface area (Å²) in [5, 5.41) is 10.4. The highest BCUT2D eigenvalue weighted by Gasteiger charge is 2.32. The lowest BCUT2D eigenvalue weighted by molar-refractivity contribution is -0.149. The minimum atomic E-state index is -1.24. The van der Waals surface area contributed by atoms with E-state index in [0.717, 1.165) is 12.8 Å². The molecule has 30 heavy (non-hydrogen) atoms. The topological polar surface area (TPSA) is 112 Å². The molecule has 2 aromatic heterocycles. The third kappa shape index (κ3) is 5.59. The van der Waals surface area contributed by atoms with Gasteiger partial charge in [0.05, 0.1) is 18.8 Å². The van der Waals surface area contributed by atoms with E-state index in [4.69, 9.17) is 9.47 Å². The van der Waals surface area contributed by atoms with Crippen LogP contribution < -0.4 is 10.6 Å². The minimum absolute atomic E-state index is 0.202. The fourth-order valence-corrected chi connectivity index (χ4v) is 3.74. The van der Waals surface area contributed by atoms with Gasteiger partial charge in [0.25, 0.3) is 0 Å². The average Bonchev–Trinajstić information content (AvgIpc) is 3.29. The average molecular weight is 437 g/mol. The number of esters is 2. The summed E-state index contributed by atoms with van der Waals surface area (Å²) in [7, 11) is 0. The molecule has 2 aromatic rings. The van der Waals surface area contributed by atoms with Crippen LogP contribution in [-0.2, 0) is 14.3 Å². The molecule has 0 atom stereocenters. The molecule has 0 aliphatic carbocycles. The second-order valence-corrected chi connectivity index (χ2v) is 8.10. The molecule has 0 spiro atoms. The highest BCUT2D eigenvalue weighted by atomic mass is 32.1. The number of unbranched alkanes of at least 4 members (excludes halogenated alkanes) is 1. The first-order valence-corrected chi connectivity index (χ1v) is 10.6. The number of anilines is 1. The zero-order valence-corrected chi connectivity index (χ0v) is 18.7. The van der Waals surface area contributed by atoms with Crippen LogP contribution in [0.15, 0.2) is 18.5 Å². The summed E-state index contributed by atoms with van der Waals surface area (Å²) in [5.41, 5.74) is -0.347. The predicted molar refractivity (Wildman–Crippen MR) is 114 cm³/mol. The molecule has 0 aromatic carbocycles. The van der Waals surface area contributed by atoms with Gasteiger partial charge in [-0.05, 0) is 40.2 Å². The molecule has 0 unspecified atom stereocenters. The smallest absolute Gasteiger partial charge is 0.341 e. The maximum absolute atomic E-state index is 12.6. The second-order valence-electron chi connectivity index (χ2n) is 7.10. The van der Waals surface area contributed by atoms with Crippen LogP contribution in [-0.4, -0.2) is 46.5 Å². The van der Waals surface area contributed by atoms with Crippen LogP contribution in [0.2, 0.25) is 0 Å². The number of thiophene rings is 1. The summed E-state index contributed by atoms with van der Waals surface area (Å²) in [4.78, 5) is 37.4. The Morgan fingerprint density at radius 1 is 1.23 bits per heavy atom. The van der Waals surface area contributed by atoms with Crippen molar-refractivity contribution in [3.8, 4) is 5.00 Å². The molecule has 0 aliphatic rings. The van der Waals surface area contributed by atoms with Crippen molar-refractivity contribution in [2.24, 2.45) is 0 Å². The van der Waals surface area contributed by atoms with Gasteiger partial charge in [-0.3, -0.25) is 5.32 Å². The molecule has 10 heteroatoms. The van der Waals surface area contributed by atoms with E-state index in [-0.39, 0.29) is 12.2 Å². The molecule has 0 saturated carbocycles. The van der Waals surface area contributed by atoms with Crippen molar-refractivity contribution in [2.75, 3.05) is 18.5 Å². The van der Waals surface area contributed by atoms with Gasteiger partial charge in [0.1, 0.15) is 15.5 Å². The highest BCUT2D eigenvalue weighted by molar-refractivity contribution is 7.19. The number of nitrogens with zero attached hydrogens (tertiary/aromatic N) is 2. The molecular formula is C20H28N4O5S. The minimum Gasteiger partial charge on any atom is -0.464 e. The third-order valence-corrected chi connectivity index (χ3v) is 5.40. The summed E-state index contributed by atoms with van der Waals surface area (Å²) in [6, 6.07) is 1.13. The van der Waals surface area contributed by atoms with Crippen molar-refractivity contribution in [1.29, 1.82) is 0 Å². The lowest BCUT2D eigenvalue weighted by Gasteiger charge is -2.24. The normalized spacial score (nSPS) is 11.1. The van der Waals surface area contributed by atoms with Crippen molar-refractivity contribution >= 4 is 34.3 Å². The number of carbonyl (C=O) groups is 3. The monoisotopic (exact) mass is 436 g/mol. The third-order valence-electron chi connectivity index (χ3n) is 4.21. The van der Waals surface area contributed by atoms with E-state index in [2.05, 4.69) is 15.7 Å². The first-order valence-electron chi connectivity index (χ1n) is 9.78. The molecule has 0 saturated heterocycles. The first kappa shape index (κ1) is 23.4. The van der Waals surface area contributed by atoms with E-state index in [1.807, 2.05) is 6.92 Å². The van der Waals surface area contributed by atoms with E-state index in [1.165, 1.54) is 11.3 Å². The Labute approximate surface area is 179 Å². The molecule has 2 N–H and O–H groups in total. The van der Waals surface area contributed by atoms with Gasteiger partial charge in [-0.25, -0.2) is 19.1 Å². The predicted octanol–water partition coefficient (Wildman–Crippen LogP) is 3.66. The van der Waals surface area contributed by atoms with Crippen LogP contribution >= 0.6 is 11.3 Å². The Kier molecular flexibility index (Phi) is 7.99. The molecule has 164 valence electrons. The van der Waals surface area contributed by atoms with Gasteiger partial charge in [-0.2, -0.15) is 5.10 Å². The molecule has 2 heterocycles. The molecule has 9 nitrogen and oxygen atoms in total. The van der Waals surface area contributed by atoms with E-state index in [1.54, 1.807) is 50.8 Å². The largest absolute Gasteiger partial charge is 0.464 e. The maximum atomic E-state index is 12.6. The SMILES string of the molecule is CCCCOC(=O)C(C)(C)NC(=O)Nc1sc(-n2cccn2)c(C)c1C(=O)OCC. The van der Waals surface area contributed by atoms with Gasteiger partial charge < -0.3 is 14.8 Å². The highest BCUT2D eigenvalue weighted by Crippen LogP contribution is 2.36. The molecule has 2 amide bonds. The van der Waals surface area contributed by atoms with Gasteiger partial charge in [-0.1, -0.05) is 24.7 Å². The molecular weight excluding hydrogens is 408 g/mol. The lowest BCUT2D eigenvalue weighted by atomic mass is 10.1. The van der Waals surface area contributed by atoms with Gasteiger partial charge in [0.2, 0.25) is 0 Å². The molecule has 0 bridgehead atoms. The Hall–Kier alpha value is -2.88. The van der Waals surface area contributed by atoms with Crippen molar-refractivity contribution < 1.29 is 23.9 Å². The number of rotatable bonds is 9. The van der Waals surface area contributed by atoms with Gasteiger partial charge in [0.15, 0.2) is 0 Å². The number of urea groups is 1. The van der Waals surface area contributed by atoms with Crippen molar-refractivity contribution in [3.63, 3.8) is 0 Å². The van der Waals surface area contributed by atoms with Gasteiger partial charge >= 0.3 is 18.0 Å². The molecule has 2 rings (SSSR count). The number of hydrogen-bond acceptors (Lipinski definition) is 7. The van der Waals surface area contributed by atoms with Crippen LogP contribution in [0, 0.1) is 6.92 Å². The zero-order valence-electron chi connectivity index (χ0n) is 17.9. The Bertz CT molecular complexity index is 889. The summed E-state index contributed by atoms with van der Waals surface area (Å²) in [6.45, 7) is 9.08. The van der Waals surface area contributed by atoms with Gasteiger partial charge in [0, 0.05) is 18.0 Å².